The number of hydrogen-bond acceptors (Lipinski definition) is 0. The minimum absolute atomic E-state index is 0.179. The first-order valence-corrected chi connectivity index (χ1v) is 5.98. The molecule has 16 heavy (non-hydrogen) atoms. The third-order valence-electron chi connectivity index (χ3n) is 3.99. The Morgan fingerprint density at radius 2 is 1.19 bits per heavy atom. The Hall–Kier alpha value is -1.30. The molecule has 0 aromatic rings. The quantitative estimate of drug-likeness (QED) is 0.558. The van der Waals surface area contributed by atoms with E-state index in [1.54, 1.807) is 0 Å². The summed E-state index contributed by atoms with van der Waals surface area (Å²) in [5, 5.41) is 0. The van der Waals surface area contributed by atoms with Crippen LogP contribution in [0.4, 0.5) is 0 Å². The molecule has 0 unspecified atom stereocenters. The maximum atomic E-state index is 2.32. The predicted molar refractivity (Wildman–Crippen MR) is 69.0 cm³/mol. The van der Waals surface area contributed by atoms with Gasteiger partial charge in [0.05, 0.1) is 0 Å². The van der Waals surface area contributed by atoms with Crippen LogP contribution in [0.15, 0.2) is 58.7 Å². The van der Waals surface area contributed by atoms with Crippen LogP contribution in [0.2, 0.25) is 0 Å². The molecule has 0 spiro atoms. The van der Waals surface area contributed by atoms with Gasteiger partial charge in [-0.25, -0.2) is 0 Å². The van der Waals surface area contributed by atoms with Gasteiger partial charge in [0.1, 0.15) is 0 Å². The summed E-state index contributed by atoms with van der Waals surface area (Å²) >= 11 is 0. The van der Waals surface area contributed by atoms with Crippen LogP contribution in [-0.4, -0.2) is 0 Å². The standard InChI is InChI=1S/C16H18/c1-15(2)9-7-11-8-10-16(3,4)13-6-5-12(15)14(11)13/h5-10H,1-4H3. The van der Waals surface area contributed by atoms with E-state index >= 15 is 0 Å². The summed E-state index contributed by atoms with van der Waals surface area (Å²) < 4.78 is 0. The van der Waals surface area contributed by atoms with Crippen molar-refractivity contribution in [2.24, 2.45) is 10.8 Å². The van der Waals surface area contributed by atoms with Gasteiger partial charge >= 0.3 is 0 Å². The number of hydrogen-bond donors (Lipinski definition) is 0. The summed E-state index contributed by atoms with van der Waals surface area (Å²) in [5.41, 5.74) is 6.19. The van der Waals surface area contributed by atoms with Crippen molar-refractivity contribution < 1.29 is 0 Å². The molecule has 0 N–H and O–H groups in total. The van der Waals surface area contributed by atoms with Gasteiger partial charge in [-0.15, -0.1) is 0 Å². The number of rotatable bonds is 0. The minimum Gasteiger partial charge on any atom is -0.0738 e. The van der Waals surface area contributed by atoms with E-state index in [0.717, 1.165) is 0 Å². The van der Waals surface area contributed by atoms with Crippen molar-refractivity contribution >= 4 is 0 Å². The van der Waals surface area contributed by atoms with Crippen LogP contribution < -0.4 is 0 Å². The second-order valence-corrected chi connectivity index (χ2v) is 6.10. The smallest absolute Gasteiger partial charge is 0.00848 e. The summed E-state index contributed by atoms with van der Waals surface area (Å²) in [6.07, 6.45) is 13.8. The van der Waals surface area contributed by atoms with Gasteiger partial charge in [0.2, 0.25) is 0 Å². The molecule has 0 amide bonds. The van der Waals surface area contributed by atoms with Gasteiger partial charge < -0.3 is 0 Å². The highest BCUT2D eigenvalue weighted by Gasteiger charge is 2.38. The fourth-order valence-corrected chi connectivity index (χ4v) is 2.86. The highest BCUT2D eigenvalue weighted by molar-refractivity contribution is 5.70. The van der Waals surface area contributed by atoms with Crippen LogP contribution in [0.1, 0.15) is 27.7 Å². The second-order valence-electron chi connectivity index (χ2n) is 6.10. The van der Waals surface area contributed by atoms with Crippen LogP contribution in [0, 0.1) is 10.8 Å². The molecular weight excluding hydrogens is 192 g/mol. The first kappa shape index (κ1) is 9.89. The van der Waals surface area contributed by atoms with Gasteiger partial charge in [-0.3, -0.25) is 0 Å². The molecule has 0 aromatic carbocycles. The van der Waals surface area contributed by atoms with E-state index < -0.39 is 0 Å². The Morgan fingerprint density at radius 1 is 0.750 bits per heavy atom. The van der Waals surface area contributed by atoms with E-state index in [4.69, 9.17) is 0 Å². The molecule has 0 heteroatoms. The van der Waals surface area contributed by atoms with Crippen molar-refractivity contribution in [3.8, 4) is 0 Å². The van der Waals surface area contributed by atoms with E-state index in [1.165, 1.54) is 22.3 Å². The highest BCUT2D eigenvalue weighted by Crippen LogP contribution is 2.52. The Labute approximate surface area is 97.7 Å². The highest BCUT2D eigenvalue weighted by atomic mass is 14.4. The third-order valence-corrected chi connectivity index (χ3v) is 3.99. The third kappa shape index (κ3) is 1.10. The molecule has 0 nitrogen and oxygen atoms in total. The Kier molecular flexibility index (Phi) is 1.66. The van der Waals surface area contributed by atoms with Crippen LogP contribution in [0.5, 0.6) is 0 Å². The van der Waals surface area contributed by atoms with Crippen LogP contribution in [0.3, 0.4) is 0 Å². The molecular formula is C16H18. The average molecular weight is 210 g/mol. The SMILES string of the molecule is CC1(C)C=CC2=C3C1=CC=C3C(C)(C)C=C2. The summed E-state index contributed by atoms with van der Waals surface area (Å²) in [4.78, 5) is 0. The molecule has 3 rings (SSSR count). The summed E-state index contributed by atoms with van der Waals surface area (Å²) in [6, 6.07) is 0. The zero-order valence-corrected chi connectivity index (χ0v) is 10.5. The van der Waals surface area contributed by atoms with Crippen molar-refractivity contribution in [2.45, 2.75) is 27.7 Å². The van der Waals surface area contributed by atoms with Crippen molar-refractivity contribution in [3.63, 3.8) is 0 Å². The molecule has 3 aliphatic carbocycles. The van der Waals surface area contributed by atoms with Gasteiger partial charge in [-0.2, -0.15) is 0 Å². The van der Waals surface area contributed by atoms with Crippen molar-refractivity contribution in [2.75, 3.05) is 0 Å². The van der Waals surface area contributed by atoms with Gasteiger partial charge in [-0.05, 0) is 22.3 Å². The lowest BCUT2D eigenvalue weighted by Gasteiger charge is -2.36. The lowest BCUT2D eigenvalue weighted by atomic mass is 9.67. The fraction of sp³-hybridized carbons (Fsp3) is 0.375. The molecule has 0 bridgehead atoms. The van der Waals surface area contributed by atoms with Crippen LogP contribution in [0.25, 0.3) is 0 Å². The molecule has 0 aliphatic heterocycles. The summed E-state index contributed by atoms with van der Waals surface area (Å²) in [6.45, 7) is 9.17. The average Bonchev–Trinajstić information content (AvgIpc) is 2.62. The topological polar surface area (TPSA) is 0 Å². The van der Waals surface area contributed by atoms with Crippen molar-refractivity contribution in [1.29, 1.82) is 0 Å². The predicted octanol–water partition coefficient (Wildman–Crippen LogP) is 4.34. The van der Waals surface area contributed by atoms with Gasteiger partial charge in [0.25, 0.3) is 0 Å². The normalized spacial score (nSPS) is 27.8. The summed E-state index contributed by atoms with van der Waals surface area (Å²) in [5.74, 6) is 0. The Bertz CT molecular complexity index is 468. The monoisotopic (exact) mass is 210 g/mol. The van der Waals surface area contributed by atoms with Crippen molar-refractivity contribution in [1.82, 2.24) is 0 Å². The van der Waals surface area contributed by atoms with Gasteiger partial charge in [-0.1, -0.05) is 64.2 Å². The minimum atomic E-state index is 0.179. The Balaban J connectivity index is 2.23. The van der Waals surface area contributed by atoms with E-state index in [1.807, 2.05) is 0 Å². The van der Waals surface area contributed by atoms with Gasteiger partial charge in [0, 0.05) is 10.8 Å². The molecule has 3 aliphatic rings. The lowest BCUT2D eigenvalue weighted by molar-refractivity contribution is 0.552. The first-order valence-electron chi connectivity index (χ1n) is 5.98. The molecule has 0 saturated carbocycles. The first-order chi connectivity index (χ1) is 7.42. The molecule has 0 saturated heterocycles. The second kappa shape index (κ2) is 2.68. The van der Waals surface area contributed by atoms with Crippen molar-refractivity contribution in [3.05, 3.63) is 58.7 Å². The van der Waals surface area contributed by atoms with E-state index in [-0.39, 0.29) is 10.8 Å². The number of allylic oxidation sites excluding steroid dienone is 10. The Morgan fingerprint density at radius 3 is 1.62 bits per heavy atom. The lowest BCUT2D eigenvalue weighted by Crippen LogP contribution is -2.23. The largest absolute Gasteiger partial charge is 0.0738 e. The van der Waals surface area contributed by atoms with Gasteiger partial charge in [0.15, 0.2) is 0 Å². The zero-order chi connectivity index (χ0) is 11.6. The maximum absolute atomic E-state index is 2.32. The van der Waals surface area contributed by atoms with Crippen LogP contribution >= 0.6 is 0 Å². The zero-order valence-electron chi connectivity index (χ0n) is 10.5. The fourth-order valence-electron chi connectivity index (χ4n) is 2.86. The maximum Gasteiger partial charge on any atom is 0.00848 e. The van der Waals surface area contributed by atoms with Crippen LogP contribution in [-0.2, 0) is 0 Å². The van der Waals surface area contributed by atoms with E-state index in [2.05, 4.69) is 64.2 Å². The molecule has 82 valence electrons. The molecule has 0 radical (unpaired) electrons. The molecule has 0 atom stereocenters. The molecule has 0 heterocycles. The van der Waals surface area contributed by atoms with E-state index in [9.17, 15) is 0 Å². The summed E-state index contributed by atoms with van der Waals surface area (Å²) in [7, 11) is 0. The van der Waals surface area contributed by atoms with E-state index in [0.29, 0.717) is 0 Å². The molecule has 0 fully saturated rings. The molecule has 0 aromatic heterocycles.